The smallest absolute Gasteiger partial charge is 0.0623 e. The molecular weight excluding hydrogens is 222 g/mol. The molecule has 0 saturated heterocycles. The third-order valence-corrected chi connectivity index (χ3v) is 4.93. The summed E-state index contributed by atoms with van der Waals surface area (Å²) in [6, 6.07) is 0.663. The molecule has 0 radical (unpaired) electrons. The van der Waals surface area contributed by atoms with Gasteiger partial charge in [0.15, 0.2) is 0 Å². The number of hydrogen-bond donors (Lipinski definition) is 1. The number of hydrogen-bond acceptors (Lipinski definition) is 2. The zero-order chi connectivity index (χ0) is 13.8. The molecule has 0 spiro atoms. The third-order valence-electron chi connectivity index (χ3n) is 4.93. The van der Waals surface area contributed by atoms with Crippen LogP contribution in [0.5, 0.6) is 0 Å². The summed E-state index contributed by atoms with van der Waals surface area (Å²) in [5.74, 6) is 0.857. The molecule has 108 valence electrons. The molecule has 0 amide bonds. The van der Waals surface area contributed by atoms with Crippen molar-refractivity contribution >= 4 is 0 Å². The van der Waals surface area contributed by atoms with E-state index < -0.39 is 0 Å². The highest BCUT2D eigenvalue weighted by Gasteiger charge is 2.31. The molecule has 0 heterocycles. The molecule has 1 rings (SSSR count). The molecule has 0 aromatic rings. The van der Waals surface area contributed by atoms with E-state index in [9.17, 15) is 0 Å². The summed E-state index contributed by atoms with van der Waals surface area (Å²) in [6.45, 7) is 9.19. The maximum Gasteiger partial charge on any atom is 0.0623 e. The monoisotopic (exact) mass is 255 g/mol. The number of rotatable bonds is 6. The fourth-order valence-corrected chi connectivity index (χ4v) is 3.04. The Bertz CT molecular complexity index is 237. The Kier molecular flexibility index (Phi) is 5.67. The van der Waals surface area contributed by atoms with E-state index in [1.54, 1.807) is 0 Å². The van der Waals surface area contributed by atoms with E-state index >= 15 is 0 Å². The molecule has 1 atom stereocenters. The van der Waals surface area contributed by atoms with Crippen LogP contribution in [0, 0.1) is 11.3 Å². The maximum atomic E-state index is 5.53. The minimum absolute atomic E-state index is 0.0169. The second kappa shape index (κ2) is 6.38. The molecule has 0 aromatic heterocycles. The van der Waals surface area contributed by atoms with Crippen LogP contribution in [0.4, 0.5) is 0 Å². The van der Waals surface area contributed by atoms with Gasteiger partial charge in [0.05, 0.1) is 5.60 Å². The average molecular weight is 255 g/mol. The molecule has 0 aliphatic heterocycles. The van der Waals surface area contributed by atoms with Crippen molar-refractivity contribution in [3.05, 3.63) is 0 Å². The lowest BCUT2D eigenvalue weighted by atomic mass is 9.70. The lowest BCUT2D eigenvalue weighted by Crippen LogP contribution is -2.39. The van der Waals surface area contributed by atoms with Gasteiger partial charge in [-0.15, -0.1) is 0 Å². The van der Waals surface area contributed by atoms with Crippen molar-refractivity contribution in [2.45, 2.75) is 77.9 Å². The SMILES string of the molecule is CNC(CCC(C)(C)OC)C1CCC(C)(C)CC1. The average Bonchev–Trinajstić information content (AvgIpc) is 2.31. The Hall–Kier alpha value is -0.0800. The van der Waals surface area contributed by atoms with Crippen molar-refractivity contribution in [1.29, 1.82) is 0 Å². The molecule has 1 N–H and O–H groups in total. The molecule has 0 bridgehead atoms. The highest BCUT2D eigenvalue weighted by atomic mass is 16.5. The highest BCUT2D eigenvalue weighted by molar-refractivity contribution is 4.86. The largest absolute Gasteiger partial charge is 0.379 e. The van der Waals surface area contributed by atoms with Gasteiger partial charge >= 0.3 is 0 Å². The minimum atomic E-state index is 0.0169. The van der Waals surface area contributed by atoms with E-state index in [1.165, 1.54) is 32.1 Å². The van der Waals surface area contributed by atoms with Crippen LogP contribution in [-0.4, -0.2) is 25.8 Å². The Balaban J connectivity index is 2.42. The van der Waals surface area contributed by atoms with Crippen LogP contribution in [0.15, 0.2) is 0 Å². The predicted octanol–water partition coefficient (Wildman–Crippen LogP) is 4.00. The zero-order valence-electron chi connectivity index (χ0n) is 13.3. The quantitative estimate of drug-likeness (QED) is 0.774. The molecule has 1 aliphatic carbocycles. The first-order chi connectivity index (χ1) is 8.29. The molecule has 0 aromatic carbocycles. The lowest BCUT2D eigenvalue weighted by molar-refractivity contribution is 0.00901. The maximum absolute atomic E-state index is 5.53. The Morgan fingerprint density at radius 1 is 1.28 bits per heavy atom. The van der Waals surface area contributed by atoms with Crippen molar-refractivity contribution in [2.24, 2.45) is 11.3 Å². The van der Waals surface area contributed by atoms with Crippen LogP contribution in [-0.2, 0) is 4.74 Å². The van der Waals surface area contributed by atoms with E-state index in [1.807, 2.05) is 7.11 Å². The molecular formula is C16H33NO. The summed E-state index contributed by atoms with van der Waals surface area (Å²) in [6.07, 6.45) is 7.88. The minimum Gasteiger partial charge on any atom is -0.379 e. The molecule has 2 heteroatoms. The van der Waals surface area contributed by atoms with Crippen molar-refractivity contribution in [3.8, 4) is 0 Å². The van der Waals surface area contributed by atoms with Crippen molar-refractivity contribution in [3.63, 3.8) is 0 Å². The molecule has 1 unspecified atom stereocenters. The lowest BCUT2D eigenvalue weighted by Gasteiger charge is -2.38. The first-order valence-electron chi connectivity index (χ1n) is 7.52. The van der Waals surface area contributed by atoms with Crippen LogP contribution in [0.3, 0.4) is 0 Å². The van der Waals surface area contributed by atoms with Crippen LogP contribution in [0.2, 0.25) is 0 Å². The normalized spacial score (nSPS) is 23.0. The van der Waals surface area contributed by atoms with Gasteiger partial charge in [-0.25, -0.2) is 0 Å². The van der Waals surface area contributed by atoms with Gasteiger partial charge in [-0.1, -0.05) is 13.8 Å². The Morgan fingerprint density at radius 2 is 1.83 bits per heavy atom. The second-order valence-electron chi connectivity index (χ2n) is 7.40. The molecule has 1 fully saturated rings. The first kappa shape index (κ1) is 16.0. The van der Waals surface area contributed by atoms with E-state index in [0.717, 1.165) is 12.3 Å². The van der Waals surface area contributed by atoms with Gasteiger partial charge in [0.2, 0.25) is 0 Å². The number of nitrogens with one attached hydrogen (secondary N) is 1. The van der Waals surface area contributed by atoms with Gasteiger partial charge in [0.25, 0.3) is 0 Å². The summed E-state index contributed by atoms with van der Waals surface area (Å²) >= 11 is 0. The summed E-state index contributed by atoms with van der Waals surface area (Å²) in [5, 5.41) is 3.54. The first-order valence-corrected chi connectivity index (χ1v) is 7.52. The summed E-state index contributed by atoms with van der Waals surface area (Å²) in [7, 11) is 3.93. The van der Waals surface area contributed by atoms with E-state index in [2.05, 4.69) is 40.1 Å². The van der Waals surface area contributed by atoms with Crippen LogP contribution in [0.1, 0.15) is 66.2 Å². The Labute approximate surface area is 114 Å². The summed E-state index contributed by atoms with van der Waals surface area (Å²) < 4.78 is 5.53. The summed E-state index contributed by atoms with van der Waals surface area (Å²) in [4.78, 5) is 0. The van der Waals surface area contributed by atoms with E-state index in [-0.39, 0.29) is 5.60 Å². The second-order valence-corrected chi connectivity index (χ2v) is 7.40. The zero-order valence-corrected chi connectivity index (χ0v) is 13.3. The van der Waals surface area contributed by atoms with Crippen LogP contribution >= 0.6 is 0 Å². The van der Waals surface area contributed by atoms with Crippen molar-refractivity contribution in [1.82, 2.24) is 5.32 Å². The van der Waals surface area contributed by atoms with Gasteiger partial charge < -0.3 is 10.1 Å². The topological polar surface area (TPSA) is 21.3 Å². The van der Waals surface area contributed by atoms with Gasteiger partial charge in [-0.3, -0.25) is 0 Å². The summed E-state index contributed by atoms with van der Waals surface area (Å²) in [5.41, 5.74) is 0.587. The standard InChI is InChI=1S/C16H33NO/c1-15(2)10-7-13(8-11-15)14(17-5)9-12-16(3,4)18-6/h13-14,17H,7-12H2,1-6H3. The highest BCUT2D eigenvalue weighted by Crippen LogP contribution is 2.40. The van der Waals surface area contributed by atoms with Gasteiger partial charge in [-0.05, 0) is 70.8 Å². The van der Waals surface area contributed by atoms with Crippen LogP contribution < -0.4 is 5.32 Å². The molecule has 2 nitrogen and oxygen atoms in total. The van der Waals surface area contributed by atoms with Gasteiger partial charge in [0, 0.05) is 13.2 Å². The fourth-order valence-electron chi connectivity index (χ4n) is 3.04. The van der Waals surface area contributed by atoms with E-state index in [0.29, 0.717) is 11.5 Å². The predicted molar refractivity (Wildman–Crippen MR) is 78.9 cm³/mol. The fraction of sp³-hybridized carbons (Fsp3) is 1.00. The number of methoxy groups -OCH3 is 1. The van der Waals surface area contributed by atoms with Gasteiger partial charge in [-0.2, -0.15) is 0 Å². The molecule has 18 heavy (non-hydrogen) atoms. The van der Waals surface area contributed by atoms with Crippen LogP contribution in [0.25, 0.3) is 0 Å². The van der Waals surface area contributed by atoms with Gasteiger partial charge in [0.1, 0.15) is 0 Å². The van der Waals surface area contributed by atoms with Crippen molar-refractivity contribution < 1.29 is 4.74 Å². The van der Waals surface area contributed by atoms with Crippen molar-refractivity contribution in [2.75, 3.05) is 14.2 Å². The third kappa shape index (κ3) is 4.89. The Morgan fingerprint density at radius 3 is 2.28 bits per heavy atom. The molecule has 1 aliphatic rings. The molecule has 1 saturated carbocycles. The number of ether oxygens (including phenoxy) is 1. The van der Waals surface area contributed by atoms with E-state index in [4.69, 9.17) is 4.74 Å².